The molecule has 1 aliphatic rings. The van der Waals surface area contributed by atoms with Gasteiger partial charge >= 0.3 is 5.97 Å². The number of para-hydroxylation sites is 1. The minimum absolute atomic E-state index is 0.0983. The predicted octanol–water partition coefficient (Wildman–Crippen LogP) is 3.65. The highest BCUT2D eigenvalue weighted by atomic mass is 16.5. The van der Waals surface area contributed by atoms with Crippen molar-refractivity contribution in [2.24, 2.45) is 0 Å². The molecule has 0 saturated carbocycles. The van der Waals surface area contributed by atoms with Crippen LogP contribution in [-0.2, 0) is 16.0 Å². The Morgan fingerprint density at radius 3 is 2.57 bits per heavy atom. The molecule has 0 unspecified atom stereocenters. The molecular formula is C22H26N2O4. The zero-order chi connectivity index (χ0) is 19.9. The number of benzene rings is 2. The van der Waals surface area contributed by atoms with Crippen molar-refractivity contribution in [3.05, 3.63) is 53.6 Å². The van der Waals surface area contributed by atoms with Gasteiger partial charge in [0, 0.05) is 13.1 Å². The van der Waals surface area contributed by atoms with Crippen molar-refractivity contribution in [1.82, 2.24) is 0 Å². The first-order chi connectivity index (χ1) is 13.6. The summed E-state index contributed by atoms with van der Waals surface area (Å²) in [5.41, 5.74) is 2.97. The molecular weight excluding hydrogens is 356 g/mol. The minimum Gasteiger partial charge on any atom is -0.483 e. The average Bonchev–Trinajstić information content (AvgIpc) is 3.26. The van der Waals surface area contributed by atoms with Crippen molar-refractivity contribution in [2.75, 3.05) is 37.0 Å². The number of rotatable bonds is 7. The summed E-state index contributed by atoms with van der Waals surface area (Å²) in [6, 6.07) is 12.9. The van der Waals surface area contributed by atoms with Crippen molar-refractivity contribution < 1.29 is 19.1 Å². The third-order valence-corrected chi connectivity index (χ3v) is 4.85. The first-order valence-corrected chi connectivity index (χ1v) is 9.60. The number of hydrogen-bond donors (Lipinski definition) is 1. The second-order valence-corrected chi connectivity index (χ2v) is 6.72. The highest BCUT2D eigenvalue weighted by Gasteiger charge is 2.19. The molecule has 1 N–H and O–H groups in total. The van der Waals surface area contributed by atoms with E-state index in [4.69, 9.17) is 9.47 Å². The van der Waals surface area contributed by atoms with Gasteiger partial charge in [0.15, 0.2) is 6.61 Å². The summed E-state index contributed by atoms with van der Waals surface area (Å²) < 4.78 is 10.5. The molecule has 0 radical (unpaired) electrons. The van der Waals surface area contributed by atoms with E-state index in [2.05, 4.69) is 10.2 Å². The molecule has 3 rings (SSSR count). The Bertz CT molecular complexity index is 844. The summed E-state index contributed by atoms with van der Waals surface area (Å²) >= 11 is 0. The number of carbonyl (C=O) groups is 2. The number of nitrogens with one attached hydrogen (secondary N) is 1. The Morgan fingerprint density at radius 1 is 1.11 bits per heavy atom. The third kappa shape index (κ3) is 4.63. The van der Waals surface area contributed by atoms with Gasteiger partial charge in [0.1, 0.15) is 5.75 Å². The molecule has 1 saturated heterocycles. The smallest absolute Gasteiger partial charge is 0.337 e. The molecule has 6 heteroatoms. The van der Waals surface area contributed by atoms with Crippen LogP contribution in [0.15, 0.2) is 42.5 Å². The van der Waals surface area contributed by atoms with Crippen LogP contribution in [-0.4, -0.2) is 38.7 Å². The van der Waals surface area contributed by atoms with E-state index in [-0.39, 0.29) is 12.5 Å². The fourth-order valence-corrected chi connectivity index (χ4v) is 3.38. The van der Waals surface area contributed by atoms with Crippen LogP contribution < -0.4 is 15.0 Å². The van der Waals surface area contributed by atoms with Gasteiger partial charge in [-0.05, 0) is 49.1 Å². The molecule has 0 aromatic heterocycles. The summed E-state index contributed by atoms with van der Waals surface area (Å²) in [6.07, 6.45) is 3.06. The minimum atomic E-state index is -0.434. The van der Waals surface area contributed by atoms with Crippen LogP contribution in [0, 0.1) is 0 Å². The number of esters is 1. The van der Waals surface area contributed by atoms with Gasteiger partial charge in [0.2, 0.25) is 0 Å². The van der Waals surface area contributed by atoms with E-state index in [0.717, 1.165) is 43.6 Å². The van der Waals surface area contributed by atoms with Gasteiger partial charge in [-0.3, -0.25) is 4.79 Å². The van der Waals surface area contributed by atoms with Crippen LogP contribution >= 0.6 is 0 Å². The first kappa shape index (κ1) is 19.7. The maximum Gasteiger partial charge on any atom is 0.337 e. The molecule has 0 aliphatic carbocycles. The number of aryl methyl sites for hydroxylation is 1. The summed E-state index contributed by atoms with van der Waals surface area (Å²) in [7, 11) is 1.34. The molecule has 1 aliphatic heterocycles. The van der Waals surface area contributed by atoms with Gasteiger partial charge in [0.05, 0.1) is 24.0 Å². The summed E-state index contributed by atoms with van der Waals surface area (Å²) in [6.45, 7) is 3.81. The number of amides is 1. The Balaban J connectivity index is 1.75. The standard InChI is InChI=1S/C22H26N2O4/c1-3-16-8-4-5-9-20(16)28-15-21(25)23-18-14-17(22(26)27-2)10-11-19(18)24-12-6-7-13-24/h4-5,8-11,14H,3,6-7,12-13,15H2,1-2H3,(H,23,25). The number of methoxy groups -OCH3 is 1. The molecule has 28 heavy (non-hydrogen) atoms. The van der Waals surface area contributed by atoms with Crippen molar-refractivity contribution in [2.45, 2.75) is 26.2 Å². The van der Waals surface area contributed by atoms with Gasteiger partial charge in [0.25, 0.3) is 5.91 Å². The van der Waals surface area contributed by atoms with Crippen LogP contribution in [0.3, 0.4) is 0 Å². The fourth-order valence-electron chi connectivity index (χ4n) is 3.38. The molecule has 2 aromatic carbocycles. The Morgan fingerprint density at radius 2 is 1.86 bits per heavy atom. The van der Waals surface area contributed by atoms with Crippen LogP contribution in [0.4, 0.5) is 11.4 Å². The van der Waals surface area contributed by atoms with Crippen LogP contribution in [0.2, 0.25) is 0 Å². The van der Waals surface area contributed by atoms with Crippen molar-refractivity contribution in [3.8, 4) is 5.75 Å². The van der Waals surface area contributed by atoms with Crippen molar-refractivity contribution in [1.29, 1.82) is 0 Å². The molecule has 0 bridgehead atoms. The maximum absolute atomic E-state index is 12.5. The molecule has 0 spiro atoms. The van der Waals surface area contributed by atoms with E-state index in [1.165, 1.54) is 7.11 Å². The van der Waals surface area contributed by atoms with Gasteiger partial charge in [-0.1, -0.05) is 25.1 Å². The summed E-state index contributed by atoms with van der Waals surface area (Å²) in [4.78, 5) is 26.6. The summed E-state index contributed by atoms with van der Waals surface area (Å²) in [5.74, 6) is 0.00758. The highest BCUT2D eigenvalue weighted by Crippen LogP contribution is 2.30. The van der Waals surface area contributed by atoms with Crippen LogP contribution in [0.25, 0.3) is 0 Å². The number of carbonyl (C=O) groups excluding carboxylic acids is 2. The normalized spacial score (nSPS) is 13.3. The van der Waals surface area contributed by atoms with E-state index in [0.29, 0.717) is 17.0 Å². The molecule has 2 aromatic rings. The Labute approximate surface area is 165 Å². The van der Waals surface area contributed by atoms with Crippen molar-refractivity contribution in [3.63, 3.8) is 0 Å². The van der Waals surface area contributed by atoms with Crippen LogP contribution in [0.5, 0.6) is 5.75 Å². The lowest BCUT2D eigenvalue weighted by molar-refractivity contribution is -0.118. The molecule has 148 valence electrons. The summed E-state index contributed by atoms with van der Waals surface area (Å²) in [5, 5.41) is 2.90. The first-order valence-electron chi connectivity index (χ1n) is 9.60. The molecule has 0 atom stereocenters. The molecule has 1 heterocycles. The third-order valence-electron chi connectivity index (χ3n) is 4.85. The second kappa shape index (κ2) is 9.26. The lowest BCUT2D eigenvalue weighted by Gasteiger charge is -2.22. The Kier molecular flexibility index (Phi) is 6.53. The topological polar surface area (TPSA) is 67.9 Å². The monoisotopic (exact) mass is 382 g/mol. The van der Waals surface area contributed by atoms with Gasteiger partial charge in [-0.25, -0.2) is 4.79 Å². The molecule has 1 fully saturated rings. The second-order valence-electron chi connectivity index (χ2n) is 6.72. The predicted molar refractivity (Wildman–Crippen MR) is 109 cm³/mol. The zero-order valence-electron chi connectivity index (χ0n) is 16.4. The Hall–Kier alpha value is -3.02. The molecule has 6 nitrogen and oxygen atoms in total. The number of nitrogens with zero attached hydrogens (tertiary/aromatic N) is 1. The van der Waals surface area contributed by atoms with Gasteiger partial charge in [-0.2, -0.15) is 0 Å². The van der Waals surface area contributed by atoms with Crippen LogP contribution in [0.1, 0.15) is 35.7 Å². The van der Waals surface area contributed by atoms with E-state index >= 15 is 0 Å². The number of ether oxygens (including phenoxy) is 2. The quantitative estimate of drug-likeness (QED) is 0.741. The largest absolute Gasteiger partial charge is 0.483 e. The van der Waals surface area contributed by atoms with Gasteiger partial charge in [-0.15, -0.1) is 0 Å². The lowest BCUT2D eigenvalue weighted by Crippen LogP contribution is -2.24. The maximum atomic E-state index is 12.5. The average molecular weight is 382 g/mol. The zero-order valence-corrected chi connectivity index (χ0v) is 16.4. The molecule has 1 amide bonds. The van der Waals surface area contributed by atoms with E-state index in [1.54, 1.807) is 12.1 Å². The number of anilines is 2. The van der Waals surface area contributed by atoms with Crippen molar-refractivity contribution >= 4 is 23.3 Å². The van der Waals surface area contributed by atoms with Gasteiger partial charge < -0.3 is 19.7 Å². The lowest BCUT2D eigenvalue weighted by atomic mass is 10.1. The SMILES string of the molecule is CCc1ccccc1OCC(=O)Nc1cc(C(=O)OC)ccc1N1CCCC1. The van der Waals surface area contributed by atoms with E-state index in [9.17, 15) is 9.59 Å². The van der Waals surface area contributed by atoms with E-state index in [1.807, 2.05) is 37.3 Å². The van der Waals surface area contributed by atoms with E-state index < -0.39 is 5.97 Å². The fraction of sp³-hybridized carbons (Fsp3) is 0.364. The number of hydrogen-bond acceptors (Lipinski definition) is 5. The highest BCUT2D eigenvalue weighted by molar-refractivity contribution is 5.98.